The van der Waals surface area contributed by atoms with Gasteiger partial charge < -0.3 is 14.6 Å². The Balaban J connectivity index is 2.08. The number of carbonyl (C=O) groups is 1. The number of anilines is 1. The van der Waals surface area contributed by atoms with Crippen LogP contribution in [0.25, 0.3) is 0 Å². The molecule has 1 heterocycles. The van der Waals surface area contributed by atoms with Crippen LogP contribution in [0.3, 0.4) is 0 Å². The molecule has 0 aliphatic carbocycles. The van der Waals surface area contributed by atoms with E-state index in [1.54, 1.807) is 23.6 Å². The van der Waals surface area contributed by atoms with Crippen LogP contribution in [-0.4, -0.2) is 38.7 Å². The summed E-state index contributed by atoms with van der Waals surface area (Å²) >= 11 is 7.28. The van der Waals surface area contributed by atoms with Crippen LogP contribution in [0.1, 0.15) is 15.9 Å². The SMILES string of the molecule is COc1ccc(CN(c2nccs2)S(=O)(=O)c2ccc(C(=O)O)cc2Cl)c(OC)c1. The van der Waals surface area contributed by atoms with Crippen molar-refractivity contribution in [3.05, 3.63) is 64.1 Å². The highest BCUT2D eigenvalue weighted by Crippen LogP contribution is 2.34. The highest BCUT2D eigenvalue weighted by molar-refractivity contribution is 7.93. The number of sulfonamides is 1. The van der Waals surface area contributed by atoms with Crippen LogP contribution in [-0.2, 0) is 16.6 Å². The van der Waals surface area contributed by atoms with Crippen molar-refractivity contribution in [1.29, 1.82) is 0 Å². The van der Waals surface area contributed by atoms with Crippen LogP contribution in [0, 0.1) is 0 Å². The second-order valence-electron chi connectivity index (χ2n) is 5.95. The lowest BCUT2D eigenvalue weighted by atomic mass is 10.2. The van der Waals surface area contributed by atoms with Gasteiger partial charge in [-0.3, -0.25) is 0 Å². The lowest BCUT2D eigenvalue weighted by Gasteiger charge is -2.23. The third kappa shape index (κ3) is 4.35. The van der Waals surface area contributed by atoms with Crippen molar-refractivity contribution in [1.82, 2.24) is 4.98 Å². The summed E-state index contributed by atoms with van der Waals surface area (Å²) in [5.74, 6) is -0.203. The molecule has 0 unspecified atom stereocenters. The van der Waals surface area contributed by atoms with E-state index in [2.05, 4.69) is 4.98 Å². The zero-order valence-electron chi connectivity index (χ0n) is 15.9. The maximum absolute atomic E-state index is 13.5. The second kappa shape index (κ2) is 8.90. The van der Waals surface area contributed by atoms with Gasteiger partial charge in [0.05, 0.1) is 31.4 Å². The normalized spacial score (nSPS) is 11.2. The summed E-state index contributed by atoms with van der Waals surface area (Å²) in [6.45, 7) is -0.0833. The van der Waals surface area contributed by atoms with Gasteiger partial charge >= 0.3 is 5.97 Å². The minimum atomic E-state index is -4.17. The summed E-state index contributed by atoms with van der Waals surface area (Å²) in [4.78, 5) is 15.1. The molecule has 11 heteroatoms. The first-order valence-corrected chi connectivity index (χ1v) is 11.1. The van der Waals surface area contributed by atoms with E-state index in [1.807, 2.05) is 0 Å². The maximum Gasteiger partial charge on any atom is 0.335 e. The molecule has 0 radical (unpaired) electrons. The van der Waals surface area contributed by atoms with Gasteiger partial charge in [-0.2, -0.15) is 0 Å². The average molecular weight is 469 g/mol. The first-order valence-electron chi connectivity index (χ1n) is 8.44. The van der Waals surface area contributed by atoms with Gasteiger partial charge in [0.15, 0.2) is 5.13 Å². The molecule has 3 rings (SSSR count). The molecule has 0 spiro atoms. The van der Waals surface area contributed by atoms with Crippen molar-refractivity contribution >= 4 is 44.1 Å². The number of aromatic nitrogens is 1. The molecule has 3 aromatic rings. The Morgan fingerprint density at radius 2 is 1.97 bits per heavy atom. The standard InChI is InChI=1S/C19H17ClN2O6S2/c1-27-14-5-3-13(16(10-14)28-2)11-22(19-21-7-8-29-19)30(25,26)17-6-4-12(18(23)24)9-15(17)20/h3-10H,11H2,1-2H3,(H,23,24). The number of thiazole rings is 1. The molecule has 0 amide bonds. The Labute approximate surface area is 182 Å². The highest BCUT2D eigenvalue weighted by Gasteiger charge is 2.30. The zero-order valence-corrected chi connectivity index (χ0v) is 18.3. The second-order valence-corrected chi connectivity index (χ2v) is 9.07. The Morgan fingerprint density at radius 3 is 2.53 bits per heavy atom. The quantitative estimate of drug-likeness (QED) is 0.534. The van der Waals surface area contributed by atoms with Crippen molar-refractivity contribution in [2.24, 2.45) is 0 Å². The Morgan fingerprint density at radius 1 is 1.20 bits per heavy atom. The fourth-order valence-corrected chi connectivity index (χ4v) is 5.48. The molecule has 1 N–H and O–H groups in total. The van der Waals surface area contributed by atoms with Gasteiger partial charge in [-0.05, 0) is 30.3 Å². The Hall–Kier alpha value is -2.82. The van der Waals surface area contributed by atoms with Crippen molar-refractivity contribution in [2.75, 3.05) is 18.5 Å². The number of carboxylic acid groups (broad SMARTS) is 1. The molecule has 8 nitrogen and oxygen atoms in total. The highest BCUT2D eigenvalue weighted by atomic mass is 35.5. The number of aromatic carboxylic acids is 1. The van der Waals surface area contributed by atoms with Gasteiger partial charge in [-0.25, -0.2) is 22.5 Å². The fraction of sp³-hybridized carbons (Fsp3) is 0.158. The molecule has 158 valence electrons. The van der Waals surface area contributed by atoms with Crippen LogP contribution >= 0.6 is 22.9 Å². The zero-order chi connectivity index (χ0) is 21.9. The van der Waals surface area contributed by atoms with Crippen LogP contribution in [0.5, 0.6) is 11.5 Å². The average Bonchev–Trinajstić information content (AvgIpc) is 3.25. The lowest BCUT2D eigenvalue weighted by molar-refractivity contribution is 0.0696. The van der Waals surface area contributed by atoms with E-state index in [0.29, 0.717) is 17.1 Å². The summed E-state index contributed by atoms with van der Waals surface area (Å²) < 4.78 is 38.6. The van der Waals surface area contributed by atoms with Crippen molar-refractivity contribution in [3.8, 4) is 11.5 Å². The number of benzene rings is 2. The summed E-state index contributed by atoms with van der Waals surface area (Å²) in [5.41, 5.74) is 0.465. The van der Waals surface area contributed by atoms with E-state index in [0.717, 1.165) is 21.7 Å². The lowest BCUT2D eigenvalue weighted by Crippen LogP contribution is -2.31. The monoisotopic (exact) mass is 468 g/mol. The molecule has 0 saturated carbocycles. The number of nitrogens with zero attached hydrogens (tertiary/aromatic N) is 2. The molecule has 0 atom stereocenters. The molecule has 0 aliphatic rings. The number of halogens is 1. The van der Waals surface area contributed by atoms with E-state index in [-0.39, 0.29) is 27.2 Å². The molecule has 30 heavy (non-hydrogen) atoms. The third-order valence-corrected chi connectivity index (χ3v) is 7.32. The molecule has 0 saturated heterocycles. The van der Waals surface area contributed by atoms with Crippen LogP contribution in [0.2, 0.25) is 5.02 Å². The van der Waals surface area contributed by atoms with Crippen molar-refractivity contribution < 1.29 is 27.8 Å². The van der Waals surface area contributed by atoms with E-state index < -0.39 is 16.0 Å². The molecule has 0 aliphatic heterocycles. The first kappa shape index (κ1) is 21.9. The third-order valence-electron chi connectivity index (χ3n) is 4.19. The summed E-state index contributed by atoms with van der Waals surface area (Å²) in [6.07, 6.45) is 1.49. The topological polar surface area (TPSA) is 106 Å². The van der Waals surface area contributed by atoms with E-state index in [4.69, 9.17) is 26.2 Å². The van der Waals surface area contributed by atoms with Gasteiger partial charge in [0.2, 0.25) is 0 Å². The van der Waals surface area contributed by atoms with Crippen molar-refractivity contribution in [2.45, 2.75) is 11.4 Å². The smallest absolute Gasteiger partial charge is 0.335 e. The first-order chi connectivity index (χ1) is 14.3. The van der Waals surface area contributed by atoms with Gasteiger partial charge in [0.1, 0.15) is 16.4 Å². The van der Waals surface area contributed by atoms with Gasteiger partial charge in [-0.1, -0.05) is 11.6 Å². The largest absolute Gasteiger partial charge is 0.497 e. The van der Waals surface area contributed by atoms with Crippen LogP contribution in [0.4, 0.5) is 5.13 Å². The molecule has 0 bridgehead atoms. The maximum atomic E-state index is 13.5. The molecular weight excluding hydrogens is 452 g/mol. The molecular formula is C19H17ClN2O6S2. The number of methoxy groups -OCH3 is 2. The van der Waals surface area contributed by atoms with E-state index in [1.165, 1.54) is 32.5 Å². The van der Waals surface area contributed by atoms with Crippen molar-refractivity contribution in [3.63, 3.8) is 0 Å². The molecule has 1 aromatic heterocycles. The molecule has 2 aromatic carbocycles. The Bertz CT molecular complexity index is 1170. The van der Waals surface area contributed by atoms with E-state index >= 15 is 0 Å². The summed E-state index contributed by atoms with van der Waals surface area (Å²) in [6, 6.07) is 8.51. The number of hydrogen-bond donors (Lipinski definition) is 1. The number of rotatable bonds is 8. The van der Waals surface area contributed by atoms with Crippen LogP contribution < -0.4 is 13.8 Å². The molecule has 0 fully saturated rings. The van der Waals surface area contributed by atoms with Gasteiger partial charge in [0, 0.05) is 23.2 Å². The van der Waals surface area contributed by atoms with Crippen LogP contribution in [0.15, 0.2) is 52.9 Å². The number of ether oxygens (including phenoxy) is 2. The van der Waals surface area contributed by atoms with Gasteiger partial charge in [-0.15, -0.1) is 11.3 Å². The van der Waals surface area contributed by atoms with E-state index in [9.17, 15) is 13.2 Å². The predicted molar refractivity (Wildman–Crippen MR) is 113 cm³/mol. The predicted octanol–water partition coefficient (Wildman–Crippen LogP) is 3.91. The minimum Gasteiger partial charge on any atom is -0.497 e. The summed E-state index contributed by atoms with van der Waals surface area (Å²) in [5, 5.41) is 10.8. The summed E-state index contributed by atoms with van der Waals surface area (Å²) in [7, 11) is -1.17. The fourth-order valence-electron chi connectivity index (χ4n) is 2.69. The number of carboxylic acids is 1. The number of hydrogen-bond acceptors (Lipinski definition) is 7. The Kier molecular flexibility index (Phi) is 6.49. The van der Waals surface area contributed by atoms with Gasteiger partial charge in [0.25, 0.3) is 10.0 Å². The minimum absolute atomic E-state index is 0.0833.